The van der Waals surface area contributed by atoms with Gasteiger partial charge in [-0.3, -0.25) is 18.7 Å². The van der Waals surface area contributed by atoms with Crippen molar-refractivity contribution < 1.29 is 14.9 Å². The van der Waals surface area contributed by atoms with Crippen LogP contribution in [0.25, 0.3) is 16.9 Å². The van der Waals surface area contributed by atoms with Crippen molar-refractivity contribution in [3.8, 4) is 0 Å². The maximum absolute atomic E-state index is 12.0. The Morgan fingerprint density at radius 1 is 1.48 bits per heavy atom. The predicted octanol–water partition coefficient (Wildman–Crippen LogP) is -0.987. The molecule has 4 rings (SSSR count). The van der Waals surface area contributed by atoms with E-state index in [2.05, 4.69) is 15.0 Å². The SMILES string of the molecule is O=c1[nH]c2nccn2c2c1ncn2[C@H]1C[C@@H](O)[C@@H](CO)O1. The average Bonchev–Trinajstić information content (AvgIpc) is 3.14. The molecule has 0 unspecified atom stereocenters. The maximum Gasteiger partial charge on any atom is 0.280 e. The Hall–Kier alpha value is -2.23. The molecule has 0 amide bonds. The number of nitrogens with one attached hydrogen (secondary N) is 1. The fraction of sp³-hybridized carbons (Fsp3) is 0.417. The van der Waals surface area contributed by atoms with Gasteiger partial charge in [-0.2, -0.15) is 0 Å². The van der Waals surface area contributed by atoms with E-state index in [1.54, 1.807) is 21.4 Å². The Balaban J connectivity index is 1.92. The molecule has 1 aliphatic rings. The number of aliphatic hydroxyl groups excluding tert-OH is 2. The van der Waals surface area contributed by atoms with Crippen LogP contribution in [0.1, 0.15) is 12.6 Å². The summed E-state index contributed by atoms with van der Waals surface area (Å²) >= 11 is 0. The predicted molar refractivity (Wildman–Crippen MR) is 70.7 cm³/mol. The van der Waals surface area contributed by atoms with Crippen LogP contribution in [0.15, 0.2) is 23.5 Å². The third-order valence-electron chi connectivity index (χ3n) is 3.77. The molecule has 0 saturated carbocycles. The van der Waals surface area contributed by atoms with Crippen LogP contribution in [-0.2, 0) is 4.74 Å². The van der Waals surface area contributed by atoms with Crippen molar-refractivity contribution >= 4 is 16.9 Å². The van der Waals surface area contributed by atoms with Crippen molar-refractivity contribution in [2.24, 2.45) is 0 Å². The molecule has 110 valence electrons. The van der Waals surface area contributed by atoms with Crippen molar-refractivity contribution in [1.29, 1.82) is 0 Å². The number of hydrogen-bond acceptors (Lipinski definition) is 6. The largest absolute Gasteiger partial charge is 0.394 e. The average molecular weight is 291 g/mol. The second-order valence-electron chi connectivity index (χ2n) is 5.01. The second kappa shape index (κ2) is 4.38. The standard InChI is InChI=1S/C12H13N5O4/c18-4-7-6(19)3-8(21-7)17-5-14-9-10(20)15-12-13-1-2-16(12)11(9)17/h1-2,5-8,18-19H,3-4H2,(H,13,15,20)/t6-,7-,8-/m1/s1. The number of nitrogens with zero attached hydrogens (tertiary/aromatic N) is 4. The first-order valence-electron chi connectivity index (χ1n) is 6.55. The molecule has 9 nitrogen and oxygen atoms in total. The molecule has 3 atom stereocenters. The minimum Gasteiger partial charge on any atom is -0.394 e. The van der Waals surface area contributed by atoms with Gasteiger partial charge in [-0.15, -0.1) is 0 Å². The van der Waals surface area contributed by atoms with Gasteiger partial charge < -0.3 is 14.9 Å². The van der Waals surface area contributed by atoms with Crippen LogP contribution in [0.4, 0.5) is 0 Å². The van der Waals surface area contributed by atoms with E-state index in [1.165, 1.54) is 6.33 Å². The molecule has 3 aromatic rings. The normalized spacial score (nSPS) is 26.1. The van der Waals surface area contributed by atoms with Crippen molar-refractivity contribution in [2.75, 3.05) is 6.61 Å². The number of aliphatic hydroxyl groups is 2. The van der Waals surface area contributed by atoms with Gasteiger partial charge in [0, 0.05) is 18.8 Å². The third-order valence-corrected chi connectivity index (χ3v) is 3.77. The lowest BCUT2D eigenvalue weighted by atomic mass is 10.2. The lowest BCUT2D eigenvalue weighted by molar-refractivity contribution is -0.0432. The number of hydrogen-bond donors (Lipinski definition) is 3. The van der Waals surface area contributed by atoms with E-state index in [1.807, 2.05) is 0 Å². The van der Waals surface area contributed by atoms with Gasteiger partial charge in [-0.05, 0) is 0 Å². The molecule has 0 radical (unpaired) electrons. The summed E-state index contributed by atoms with van der Waals surface area (Å²) in [5.41, 5.74) is 0.479. The lowest BCUT2D eigenvalue weighted by Gasteiger charge is -2.14. The molecule has 0 aliphatic carbocycles. The Bertz CT molecular complexity index is 865. The second-order valence-corrected chi connectivity index (χ2v) is 5.01. The zero-order chi connectivity index (χ0) is 14.6. The van der Waals surface area contributed by atoms with Crippen molar-refractivity contribution in [3.05, 3.63) is 29.1 Å². The Kier molecular flexibility index (Phi) is 2.61. The van der Waals surface area contributed by atoms with Gasteiger partial charge >= 0.3 is 0 Å². The summed E-state index contributed by atoms with van der Waals surface area (Å²) < 4.78 is 9.00. The number of aromatic nitrogens is 5. The molecule has 1 aliphatic heterocycles. The van der Waals surface area contributed by atoms with Gasteiger partial charge in [0.2, 0.25) is 5.78 Å². The summed E-state index contributed by atoms with van der Waals surface area (Å²) in [5, 5.41) is 19.0. The van der Waals surface area contributed by atoms with Crippen molar-refractivity contribution in [2.45, 2.75) is 24.9 Å². The summed E-state index contributed by atoms with van der Waals surface area (Å²) in [5.74, 6) is 0.409. The fourth-order valence-electron chi connectivity index (χ4n) is 2.74. The summed E-state index contributed by atoms with van der Waals surface area (Å²) in [4.78, 5) is 22.8. The first-order chi connectivity index (χ1) is 10.2. The van der Waals surface area contributed by atoms with E-state index in [0.29, 0.717) is 17.8 Å². The highest BCUT2D eigenvalue weighted by Crippen LogP contribution is 2.30. The Labute approximate surface area is 117 Å². The summed E-state index contributed by atoms with van der Waals surface area (Å²) in [6.45, 7) is -0.259. The van der Waals surface area contributed by atoms with Crippen LogP contribution in [0, 0.1) is 0 Å². The molecule has 0 aromatic carbocycles. The van der Waals surface area contributed by atoms with Crippen LogP contribution >= 0.6 is 0 Å². The van der Waals surface area contributed by atoms with E-state index in [0.717, 1.165) is 0 Å². The molecule has 1 saturated heterocycles. The quantitative estimate of drug-likeness (QED) is 0.558. The van der Waals surface area contributed by atoms with E-state index >= 15 is 0 Å². The minimum atomic E-state index is -0.752. The number of ether oxygens (including phenoxy) is 1. The highest BCUT2D eigenvalue weighted by Gasteiger charge is 2.35. The summed E-state index contributed by atoms with van der Waals surface area (Å²) in [6, 6.07) is 0. The van der Waals surface area contributed by atoms with E-state index in [9.17, 15) is 9.90 Å². The number of imidazole rings is 2. The Morgan fingerprint density at radius 3 is 3.10 bits per heavy atom. The topological polar surface area (TPSA) is 118 Å². The summed E-state index contributed by atoms with van der Waals surface area (Å²) in [7, 11) is 0. The van der Waals surface area contributed by atoms with E-state index < -0.39 is 18.4 Å². The molecule has 21 heavy (non-hydrogen) atoms. The Morgan fingerprint density at radius 2 is 2.33 bits per heavy atom. The number of fused-ring (bicyclic) bond motifs is 3. The molecule has 3 aromatic heterocycles. The highest BCUT2D eigenvalue weighted by atomic mass is 16.5. The zero-order valence-corrected chi connectivity index (χ0v) is 10.9. The van der Waals surface area contributed by atoms with Crippen molar-refractivity contribution in [1.82, 2.24) is 23.9 Å². The van der Waals surface area contributed by atoms with E-state index in [4.69, 9.17) is 9.84 Å². The number of H-pyrrole nitrogens is 1. The number of rotatable bonds is 2. The fourth-order valence-corrected chi connectivity index (χ4v) is 2.74. The van der Waals surface area contributed by atoms with Crippen LogP contribution in [0.5, 0.6) is 0 Å². The molecule has 1 fully saturated rings. The van der Waals surface area contributed by atoms with Gasteiger partial charge in [0.1, 0.15) is 12.3 Å². The summed E-state index contributed by atoms with van der Waals surface area (Å²) in [6.07, 6.45) is 3.22. The monoisotopic (exact) mass is 291 g/mol. The molecular weight excluding hydrogens is 278 g/mol. The van der Waals surface area contributed by atoms with Crippen LogP contribution in [0.3, 0.4) is 0 Å². The molecule has 0 spiro atoms. The molecule has 0 bridgehead atoms. The number of aromatic amines is 1. The van der Waals surface area contributed by atoms with Crippen LogP contribution < -0.4 is 5.56 Å². The van der Waals surface area contributed by atoms with E-state index in [-0.39, 0.29) is 17.7 Å². The third kappa shape index (κ3) is 1.71. The molecular formula is C12H13N5O4. The zero-order valence-electron chi connectivity index (χ0n) is 10.9. The van der Waals surface area contributed by atoms with Gasteiger partial charge in [-0.1, -0.05) is 0 Å². The van der Waals surface area contributed by atoms with Crippen LogP contribution in [0.2, 0.25) is 0 Å². The molecule has 3 N–H and O–H groups in total. The lowest BCUT2D eigenvalue weighted by Crippen LogP contribution is -2.24. The minimum absolute atomic E-state index is 0.259. The van der Waals surface area contributed by atoms with Crippen LogP contribution in [-0.4, -0.2) is 52.9 Å². The maximum atomic E-state index is 12.0. The van der Waals surface area contributed by atoms with Crippen molar-refractivity contribution in [3.63, 3.8) is 0 Å². The first-order valence-corrected chi connectivity index (χ1v) is 6.55. The first kappa shape index (κ1) is 12.5. The molecule has 4 heterocycles. The smallest absolute Gasteiger partial charge is 0.280 e. The molecule has 9 heteroatoms. The highest BCUT2D eigenvalue weighted by molar-refractivity contribution is 5.72. The van der Waals surface area contributed by atoms with Gasteiger partial charge in [0.25, 0.3) is 5.56 Å². The van der Waals surface area contributed by atoms with Gasteiger partial charge in [-0.25, -0.2) is 9.97 Å². The van der Waals surface area contributed by atoms with Gasteiger partial charge in [0.05, 0.1) is 19.0 Å². The van der Waals surface area contributed by atoms with Gasteiger partial charge in [0.15, 0.2) is 11.2 Å².